The number of aromatic nitrogens is 1. The molecule has 0 aromatic carbocycles. The molecule has 0 saturated carbocycles. The predicted octanol–water partition coefficient (Wildman–Crippen LogP) is 1.13. The average Bonchev–Trinajstić information content (AvgIpc) is 1.88. The van der Waals surface area contributed by atoms with E-state index in [0.29, 0.717) is 0 Å². The van der Waals surface area contributed by atoms with Crippen LogP contribution in [0.2, 0.25) is 0 Å². The molecule has 52 valence electrons. The number of nitrogens with zero attached hydrogens (tertiary/aromatic N) is 2. The number of hydrogen-bond donors (Lipinski definition) is 0. The molecular formula is C5H3FN2O2. The monoisotopic (exact) mass is 142 g/mol. The van der Waals surface area contributed by atoms with Crippen molar-refractivity contribution >= 4 is 5.69 Å². The van der Waals surface area contributed by atoms with E-state index in [0.717, 1.165) is 12.3 Å². The first kappa shape index (κ1) is 6.60. The summed E-state index contributed by atoms with van der Waals surface area (Å²) in [6.45, 7) is 0. The van der Waals surface area contributed by atoms with Crippen molar-refractivity contribution in [2.45, 2.75) is 0 Å². The number of halogens is 1. The Kier molecular flexibility index (Phi) is 1.57. The van der Waals surface area contributed by atoms with E-state index < -0.39 is 16.6 Å². The van der Waals surface area contributed by atoms with Crippen LogP contribution in [0, 0.1) is 16.1 Å². The summed E-state index contributed by atoms with van der Waals surface area (Å²) >= 11 is 0. The Hall–Kier alpha value is -1.52. The molecule has 4 nitrogen and oxygen atoms in total. The second-order valence-electron chi connectivity index (χ2n) is 1.57. The van der Waals surface area contributed by atoms with Gasteiger partial charge in [-0.25, -0.2) is 4.98 Å². The van der Waals surface area contributed by atoms with Gasteiger partial charge in [-0.1, -0.05) is 0 Å². The number of hydrogen-bond acceptors (Lipinski definition) is 3. The third-order valence-electron chi connectivity index (χ3n) is 0.936. The molecule has 0 aliphatic heterocycles. The molecular weight excluding hydrogens is 139 g/mol. The fourth-order valence-corrected chi connectivity index (χ4v) is 0.514. The summed E-state index contributed by atoms with van der Waals surface area (Å²) in [5.74, 6) is -1.05. The SMILES string of the molecule is O=[N+]([O-])c1cccnc1F. The van der Waals surface area contributed by atoms with Gasteiger partial charge in [-0.3, -0.25) is 10.1 Å². The van der Waals surface area contributed by atoms with Gasteiger partial charge in [0, 0.05) is 12.3 Å². The summed E-state index contributed by atoms with van der Waals surface area (Å²) in [4.78, 5) is 12.2. The zero-order valence-electron chi connectivity index (χ0n) is 4.82. The van der Waals surface area contributed by atoms with Crippen molar-refractivity contribution in [2.24, 2.45) is 0 Å². The lowest BCUT2D eigenvalue weighted by Crippen LogP contribution is -1.93. The molecule has 0 N–H and O–H groups in total. The van der Waals surface area contributed by atoms with E-state index in [1.165, 1.54) is 6.07 Å². The Labute approximate surface area is 55.5 Å². The van der Waals surface area contributed by atoms with Gasteiger partial charge in [-0.2, -0.15) is 4.39 Å². The summed E-state index contributed by atoms with van der Waals surface area (Å²) in [5, 5.41) is 9.95. The van der Waals surface area contributed by atoms with Crippen LogP contribution in [0.4, 0.5) is 10.1 Å². The van der Waals surface area contributed by atoms with Gasteiger partial charge >= 0.3 is 5.69 Å². The Bertz CT molecular complexity index is 264. The topological polar surface area (TPSA) is 56.0 Å². The van der Waals surface area contributed by atoms with Gasteiger partial charge in [0.05, 0.1) is 4.92 Å². The van der Waals surface area contributed by atoms with Crippen LogP contribution in [0.3, 0.4) is 0 Å². The van der Waals surface area contributed by atoms with Crippen molar-refractivity contribution in [1.29, 1.82) is 0 Å². The molecule has 0 atom stereocenters. The zero-order chi connectivity index (χ0) is 7.56. The highest BCUT2D eigenvalue weighted by molar-refractivity contribution is 5.25. The van der Waals surface area contributed by atoms with Crippen molar-refractivity contribution < 1.29 is 9.31 Å². The Morgan fingerprint density at radius 1 is 1.70 bits per heavy atom. The molecule has 0 aliphatic rings. The quantitative estimate of drug-likeness (QED) is 0.335. The fraction of sp³-hybridized carbons (Fsp3) is 0. The molecule has 0 radical (unpaired) electrons. The molecule has 1 heterocycles. The second-order valence-corrected chi connectivity index (χ2v) is 1.57. The number of rotatable bonds is 1. The van der Waals surface area contributed by atoms with Crippen LogP contribution in [-0.2, 0) is 0 Å². The van der Waals surface area contributed by atoms with E-state index in [4.69, 9.17) is 0 Å². The van der Waals surface area contributed by atoms with Crippen LogP contribution in [0.5, 0.6) is 0 Å². The first-order valence-electron chi connectivity index (χ1n) is 2.46. The van der Waals surface area contributed by atoms with Gasteiger partial charge in [-0.05, 0) is 6.07 Å². The molecule has 0 unspecified atom stereocenters. The van der Waals surface area contributed by atoms with Gasteiger partial charge in [0.1, 0.15) is 0 Å². The second kappa shape index (κ2) is 2.38. The largest absolute Gasteiger partial charge is 0.323 e. The van der Waals surface area contributed by atoms with Crippen LogP contribution >= 0.6 is 0 Å². The van der Waals surface area contributed by atoms with Gasteiger partial charge in [0.2, 0.25) is 0 Å². The van der Waals surface area contributed by atoms with E-state index in [1.807, 2.05) is 0 Å². The van der Waals surface area contributed by atoms with Crippen molar-refractivity contribution in [3.63, 3.8) is 0 Å². The van der Waals surface area contributed by atoms with Crippen molar-refractivity contribution in [2.75, 3.05) is 0 Å². The molecule has 0 spiro atoms. The first-order chi connectivity index (χ1) is 4.72. The van der Waals surface area contributed by atoms with E-state index >= 15 is 0 Å². The molecule has 10 heavy (non-hydrogen) atoms. The van der Waals surface area contributed by atoms with E-state index in [2.05, 4.69) is 4.98 Å². The smallest absolute Gasteiger partial charge is 0.258 e. The average molecular weight is 142 g/mol. The van der Waals surface area contributed by atoms with Crippen molar-refractivity contribution in [3.8, 4) is 0 Å². The number of nitro groups is 1. The number of pyridine rings is 1. The van der Waals surface area contributed by atoms with Crippen LogP contribution in [-0.4, -0.2) is 9.91 Å². The third-order valence-corrected chi connectivity index (χ3v) is 0.936. The highest BCUT2D eigenvalue weighted by Gasteiger charge is 2.11. The molecule has 5 heteroatoms. The Morgan fingerprint density at radius 3 is 2.80 bits per heavy atom. The maximum Gasteiger partial charge on any atom is 0.323 e. The molecule has 1 rings (SSSR count). The van der Waals surface area contributed by atoms with E-state index in [9.17, 15) is 14.5 Å². The Balaban J connectivity index is 3.15. The van der Waals surface area contributed by atoms with Crippen molar-refractivity contribution in [1.82, 2.24) is 4.98 Å². The van der Waals surface area contributed by atoms with E-state index in [-0.39, 0.29) is 0 Å². The Morgan fingerprint density at radius 2 is 2.40 bits per heavy atom. The fourth-order valence-electron chi connectivity index (χ4n) is 0.514. The molecule has 0 aliphatic carbocycles. The van der Waals surface area contributed by atoms with Crippen LogP contribution in [0.25, 0.3) is 0 Å². The molecule has 0 amide bonds. The van der Waals surface area contributed by atoms with Gasteiger partial charge in [-0.15, -0.1) is 0 Å². The highest BCUT2D eigenvalue weighted by Crippen LogP contribution is 2.11. The highest BCUT2D eigenvalue weighted by atomic mass is 19.1. The summed E-state index contributed by atoms with van der Waals surface area (Å²) < 4.78 is 12.3. The minimum Gasteiger partial charge on any atom is -0.258 e. The third kappa shape index (κ3) is 1.07. The lowest BCUT2D eigenvalue weighted by atomic mass is 10.4. The molecule has 1 aromatic rings. The predicted molar refractivity (Wildman–Crippen MR) is 30.8 cm³/mol. The molecule has 0 bridgehead atoms. The minimum absolute atomic E-state index is 0.595. The van der Waals surface area contributed by atoms with Crippen LogP contribution in [0.1, 0.15) is 0 Å². The lowest BCUT2D eigenvalue weighted by Gasteiger charge is -1.88. The molecule has 1 aromatic heterocycles. The van der Waals surface area contributed by atoms with Crippen molar-refractivity contribution in [3.05, 3.63) is 34.4 Å². The van der Waals surface area contributed by atoms with Gasteiger partial charge in [0.25, 0.3) is 5.95 Å². The summed E-state index contributed by atoms with van der Waals surface area (Å²) in [7, 11) is 0. The summed E-state index contributed by atoms with van der Waals surface area (Å²) in [6.07, 6.45) is 1.16. The summed E-state index contributed by atoms with van der Waals surface area (Å²) in [5.41, 5.74) is -0.595. The maximum atomic E-state index is 12.3. The van der Waals surface area contributed by atoms with Crippen LogP contribution in [0.15, 0.2) is 18.3 Å². The molecule has 0 saturated heterocycles. The van der Waals surface area contributed by atoms with Gasteiger partial charge < -0.3 is 0 Å². The van der Waals surface area contributed by atoms with Gasteiger partial charge in [0.15, 0.2) is 0 Å². The summed E-state index contributed by atoms with van der Waals surface area (Å²) in [6, 6.07) is 2.36. The minimum atomic E-state index is -1.05. The standard InChI is InChI=1S/C5H3FN2O2/c6-5-4(8(9)10)2-1-3-7-5/h1-3H. The van der Waals surface area contributed by atoms with Crippen LogP contribution < -0.4 is 0 Å². The first-order valence-corrected chi connectivity index (χ1v) is 2.46. The normalized spacial score (nSPS) is 9.30. The van der Waals surface area contributed by atoms with E-state index in [1.54, 1.807) is 0 Å². The molecule has 0 fully saturated rings. The zero-order valence-corrected chi connectivity index (χ0v) is 4.82. The lowest BCUT2D eigenvalue weighted by molar-refractivity contribution is -0.388. The maximum absolute atomic E-state index is 12.3.